The first-order valence-electron chi connectivity index (χ1n) is 9.86. The largest absolute Gasteiger partial charge is 0.271 e. The third-order valence-electron chi connectivity index (χ3n) is 5.40. The van der Waals surface area contributed by atoms with Crippen molar-refractivity contribution < 1.29 is 12.8 Å². The minimum atomic E-state index is -3.81. The Bertz CT molecular complexity index is 1120. The van der Waals surface area contributed by atoms with Crippen LogP contribution in [0.4, 0.5) is 4.39 Å². The average Bonchev–Trinajstić information content (AvgIpc) is 3.43. The first-order valence-corrected chi connectivity index (χ1v) is 11.7. The van der Waals surface area contributed by atoms with Gasteiger partial charge >= 0.3 is 0 Å². The fourth-order valence-electron chi connectivity index (χ4n) is 3.83. The first-order chi connectivity index (χ1) is 14.4. The molecule has 158 valence electrons. The quantitative estimate of drug-likeness (QED) is 0.538. The van der Waals surface area contributed by atoms with Gasteiger partial charge in [0.2, 0.25) is 10.0 Å². The molecule has 9 heteroatoms. The predicted octanol–water partition coefficient (Wildman–Crippen LogP) is 4.37. The zero-order valence-electron chi connectivity index (χ0n) is 16.3. The summed E-state index contributed by atoms with van der Waals surface area (Å²) < 4.78 is 43.5. The lowest BCUT2D eigenvalue weighted by molar-refractivity contribution is 0.306. The smallest absolute Gasteiger partial charge is 0.243 e. The van der Waals surface area contributed by atoms with Crippen LogP contribution in [0.1, 0.15) is 25.7 Å². The molecule has 0 atom stereocenters. The minimum Gasteiger partial charge on any atom is -0.271 e. The number of benzene rings is 1. The summed E-state index contributed by atoms with van der Waals surface area (Å²) in [4.78, 5) is 4.02. The van der Waals surface area contributed by atoms with Gasteiger partial charge in [0, 0.05) is 36.7 Å². The van der Waals surface area contributed by atoms with Crippen molar-refractivity contribution in [1.82, 2.24) is 19.1 Å². The van der Waals surface area contributed by atoms with Gasteiger partial charge < -0.3 is 0 Å². The minimum absolute atomic E-state index is 0.0127. The molecule has 1 saturated carbocycles. The topological polar surface area (TPSA) is 68.1 Å². The number of sulfonamides is 1. The highest BCUT2D eigenvalue weighted by molar-refractivity contribution is 7.89. The molecule has 1 aliphatic rings. The van der Waals surface area contributed by atoms with Gasteiger partial charge in [-0.05, 0) is 49.2 Å². The van der Waals surface area contributed by atoms with Crippen molar-refractivity contribution in [2.45, 2.75) is 43.2 Å². The van der Waals surface area contributed by atoms with Gasteiger partial charge in [-0.1, -0.05) is 24.4 Å². The molecule has 4 rings (SSSR count). The molecule has 2 aromatic heterocycles. The summed E-state index contributed by atoms with van der Waals surface area (Å²) in [6.07, 6.45) is 8.87. The molecule has 0 spiro atoms. The second kappa shape index (κ2) is 8.83. The van der Waals surface area contributed by atoms with Gasteiger partial charge in [-0.2, -0.15) is 9.40 Å². The van der Waals surface area contributed by atoms with Crippen molar-refractivity contribution in [3.63, 3.8) is 0 Å². The standard InChI is InChI=1S/C21H22ClFN4O2S/c22-19-15-18(5-6-20(19)23)30(28,29)27(17-3-1-2-4-17)14-13-26-12-9-21(25-26)16-7-10-24-11-8-16/h5-12,15,17H,1-4,13-14H2. The lowest BCUT2D eigenvalue weighted by Crippen LogP contribution is -2.40. The Morgan fingerprint density at radius 1 is 1.13 bits per heavy atom. The average molecular weight is 449 g/mol. The van der Waals surface area contributed by atoms with Crippen molar-refractivity contribution in [1.29, 1.82) is 0 Å². The van der Waals surface area contributed by atoms with Gasteiger partial charge in [0.15, 0.2) is 0 Å². The highest BCUT2D eigenvalue weighted by Gasteiger charge is 2.33. The molecule has 3 aromatic rings. The molecule has 0 bridgehead atoms. The summed E-state index contributed by atoms with van der Waals surface area (Å²) in [5.41, 5.74) is 1.75. The maximum Gasteiger partial charge on any atom is 0.243 e. The van der Waals surface area contributed by atoms with Crippen LogP contribution in [0.3, 0.4) is 0 Å². The SMILES string of the molecule is O=S(=O)(c1ccc(F)c(Cl)c1)N(CCn1ccc(-c2ccncc2)n1)C1CCCC1. The Labute approximate surface area is 180 Å². The molecule has 30 heavy (non-hydrogen) atoms. The van der Waals surface area contributed by atoms with Crippen molar-refractivity contribution in [3.8, 4) is 11.3 Å². The molecule has 1 fully saturated rings. The normalized spacial score (nSPS) is 15.2. The van der Waals surface area contributed by atoms with E-state index in [-0.39, 0.29) is 22.5 Å². The monoisotopic (exact) mass is 448 g/mol. The van der Waals surface area contributed by atoms with Gasteiger partial charge in [-0.3, -0.25) is 9.67 Å². The van der Waals surface area contributed by atoms with E-state index in [4.69, 9.17) is 11.6 Å². The highest BCUT2D eigenvalue weighted by atomic mass is 35.5. The molecule has 0 aliphatic heterocycles. The van der Waals surface area contributed by atoms with Gasteiger partial charge in [-0.25, -0.2) is 12.8 Å². The third kappa shape index (κ3) is 4.40. The zero-order valence-corrected chi connectivity index (χ0v) is 17.9. The van der Waals surface area contributed by atoms with Crippen LogP contribution >= 0.6 is 11.6 Å². The van der Waals surface area contributed by atoms with Crippen LogP contribution in [-0.2, 0) is 16.6 Å². The molecule has 2 heterocycles. The molecule has 1 aliphatic carbocycles. The maximum atomic E-state index is 13.5. The Kier molecular flexibility index (Phi) is 6.17. The van der Waals surface area contributed by atoms with E-state index in [1.165, 1.54) is 16.4 Å². The molecule has 0 saturated heterocycles. The molecule has 1 aromatic carbocycles. The number of nitrogens with zero attached hydrogens (tertiary/aromatic N) is 4. The molecule has 6 nitrogen and oxygen atoms in total. The van der Waals surface area contributed by atoms with Crippen molar-refractivity contribution in [3.05, 3.63) is 65.8 Å². The van der Waals surface area contributed by atoms with Crippen LogP contribution < -0.4 is 0 Å². The Hall–Kier alpha value is -2.29. The van der Waals surface area contributed by atoms with Crippen LogP contribution in [0.2, 0.25) is 5.02 Å². The van der Waals surface area contributed by atoms with E-state index in [1.807, 2.05) is 24.4 Å². The van der Waals surface area contributed by atoms with E-state index in [1.54, 1.807) is 17.1 Å². The fourth-order valence-corrected chi connectivity index (χ4v) is 5.78. The van der Waals surface area contributed by atoms with Crippen LogP contribution in [-0.4, -0.2) is 40.1 Å². The second-order valence-electron chi connectivity index (χ2n) is 7.33. The number of halogens is 2. The van der Waals surface area contributed by atoms with E-state index < -0.39 is 15.8 Å². The summed E-state index contributed by atoms with van der Waals surface area (Å²) in [6.45, 7) is 0.690. The van der Waals surface area contributed by atoms with E-state index in [0.29, 0.717) is 6.54 Å². The summed E-state index contributed by atoms with van der Waals surface area (Å²) in [5.74, 6) is -0.636. The summed E-state index contributed by atoms with van der Waals surface area (Å²) in [6, 6.07) is 9.12. The number of rotatable bonds is 7. The Morgan fingerprint density at radius 2 is 1.87 bits per heavy atom. The second-order valence-corrected chi connectivity index (χ2v) is 9.63. The Balaban J connectivity index is 1.56. The first kappa shape index (κ1) is 21.0. The van der Waals surface area contributed by atoms with Gasteiger partial charge in [0.05, 0.1) is 22.2 Å². The lowest BCUT2D eigenvalue weighted by Gasteiger charge is -2.28. The molecular weight excluding hydrogens is 427 g/mol. The molecule has 0 N–H and O–H groups in total. The number of pyridine rings is 1. The van der Waals surface area contributed by atoms with Gasteiger partial charge in [0.25, 0.3) is 0 Å². The predicted molar refractivity (Wildman–Crippen MR) is 113 cm³/mol. The maximum absolute atomic E-state index is 13.5. The van der Waals surface area contributed by atoms with Crippen LogP contribution in [0.25, 0.3) is 11.3 Å². The van der Waals surface area contributed by atoms with E-state index in [0.717, 1.165) is 43.0 Å². The molecule has 0 amide bonds. The van der Waals surface area contributed by atoms with Crippen molar-refractivity contribution in [2.24, 2.45) is 0 Å². The van der Waals surface area contributed by atoms with E-state index >= 15 is 0 Å². The number of aromatic nitrogens is 3. The van der Waals surface area contributed by atoms with Crippen LogP contribution in [0.15, 0.2) is 59.9 Å². The highest BCUT2D eigenvalue weighted by Crippen LogP contribution is 2.30. The fraction of sp³-hybridized carbons (Fsp3) is 0.333. The van der Waals surface area contributed by atoms with Crippen molar-refractivity contribution >= 4 is 21.6 Å². The molecular formula is C21H22ClFN4O2S. The van der Waals surface area contributed by atoms with Gasteiger partial charge in [-0.15, -0.1) is 0 Å². The number of hydrogen-bond acceptors (Lipinski definition) is 4. The molecule has 0 unspecified atom stereocenters. The molecule has 0 radical (unpaired) electrons. The van der Waals surface area contributed by atoms with Gasteiger partial charge in [0.1, 0.15) is 5.82 Å². The van der Waals surface area contributed by atoms with Crippen LogP contribution in [0, 0.1) is 5.82 Å². The van der Waals surface area contributed by atoms with Crippen molar-refractivity contribution in [2.75, 3.05) is 6.54 Å². The van der Waals surface area contributed by atoms with Crippen LogP contribution in [0.5, 0.6) is 0 Å². The summed E-state index contributed by atoms with van der Waals surface area (Å²) >= 11 is 5.84. The summed E-state index contributed by atoms with van der Waals surface area (Å²) in [7, 11) is -3.81. The van der Waals surface area contributed by atoms with E-state index in [2.05, 4.69) is 10.1 Å². The Morgan fingerprint density at radius 3 is 2.57 bits per heavy atom. The third-order valence-corrected chi connectivity index (χ3v) is 7.63. The number of hydrogen-bond donors (Lipinski definition) is 0. The lowest BCUT2D eigenvalue weighted by atomic mass is 10.2. The summed E-state index contributed by atoms with van der Waals surface area (Å²) in [5, 5.41) is 4.36. The zero-order chi connectivity index (χ0) is 21.1. The van der Waals surface area contributed by atoms with E-state index in [9.17, 15) is 12.8 Å².